The van der Waals surface area contributed by atoms with Gasteiger partial charge in [-0.25, -0.2) is 0 Å². The van der Waals surface area contributed by atoms with Crippen molar-refractivity contribution in [1.29, 1.82) is 0 Å². The minimum atomic E-state index is -0.632. The lowest BCUT2D eigenvalue weighted by molar-refractivity contribution is 0.101. The van der Waals surface area contributed by atoms with Crippen LogP contribution >= 0.6 is 0 Å². The Kier molecular flexibility index (Phi) is 4.56. The molecule has 0 aromatic carbocycles. The third-order valence-electron chi connectivity index (χ3n) is 3.15. The largest absolute Gasteiger partial charge is 0.616 e. The fourth-order valence-corrected chi connectivity index (χ4v) is 3.22. The number of ether oxygens (including phenoxy) is 1. The fourth-order valence-electron chi connectivity index (χ4n) is 2.17. The van der Waals surface area contributed by atoms with Gasteiger partial charge in [-0.2, -0.15) is 0 Å². The smallest absolute Gasteiger partial charge is 0.115 e. The molecule has 2 nitrogen and oxygen atoms in total. The van der Waals surface area contributed by atoms with E-state index in [0.29, 0.717) is 17.1 Å². The Bertz CT molecular complexity index is 150. The average Bonchev–Trinajstić information content (AvgIpc) is 2.08. The molecule has 0 amide bonds. The van der Waals surface area contributed by atoms with Crippen molar-refractivity contribution in [2.24, 2.45) is 11.8 Å². The zero-order chi connectivity index (χ0) is 9.84. The van der Waals surface area contributed by atoms with E-state index < -0.39 is 11.2 Å². The molecule has 0 aromatic heterocycles. The minimum Gasteiger partial charge on any atom is -0.616 e. The summed E-state index contributed by atoms with van der Waals surface area (Å²) in [5.74, 6) is 1.35. The lowest BCUT2D eigenvalue weighted by Crippen LogP contribution is -2.33. The molecule has 0 N–H and O–H groups in total. The van der Waals surface area contributed by atoms with Crippen LogP contribution in [0.4, 0.5) is 0 Å². The third-order valence-corrected chi connectivity index (χ3v) is 4.52. The van der Waals surface area contributed by atoms with Gasteiger partial charge in [0.15, 0.2) is 0 Å². The Balaban J connectivity index is 2.37. The third kappa shape index (κ3) is 3.15. The summed E-state index contributed by atoms with van der Waals surface area (Å²) in [6.45, 7) is 3.12. The van der Waals surface area contributed by atoms with Gasteiger partial charge in [0.2, 0.25) is 0 Å². The Labute approximate surface area is 84.2 Å². The van der Waals surface area contributed by atoms with Gasteiger partial charge in [0.25, 0.3) is 0 Å². The van der Waals surface area contributed by atoms with Gasteiger partial charge in [-0.3, -0.25) is 0 Å². The first-order valence-corrected chi connectivity index (χ1v) is 6.58. The lowest BCUT2D eigenvalue weighted by Gasteiger charge is -2.33. The molecular formula is C10H20O2S. The molecule has 1 aliphatic rings. The number of hydrogen-bond acceptors (Lipinski definition) is 2. The molecule has 4 atom stereocenters. The maximum atomic E-state index is 11.3. The van der Waals surface area contributed by atoms with Crippen LogP contribution in [0.1, 0.15) is 26.2 Å². The standard InChI is InChI=1S/C10H20O2S/c1-8-6-10(13(3)11)5-4-9(8)7-12-2/h8-10H,4-7H2,1-3H3/t8-,9?,10?,13?/m1/s1. The zero-order valence-corrected chi connectivity index (χ0v) is 9.60. The predicted molar refractivity (Wildman–Crippen MR) is 56.2 cm³/mol. The summed E-state index contributed by atoms with van der Waals surface area (Å²) in [4.78, 5) is 0. The number of hydrogen-bond donors (Lipinski definition) is 0. The Morgan fingerprint density at radius 2 is 2.15 bits per heavy atom. The van der Waals surface area contributed by atoms with E-state index in [4.69, 9.17) is 4.74 Å². The van der Waals surface area contributed by atoms with E-state index in [2.05, 4.69) is 6.92 Å². The number of methoxy groups -OCH3 is 1. The van der Waals surface area contributed by atoms with Gasteiger partial charge in [0.05, 0.1) is 6.26 Å². The van der Waals surface area contributed by atoms with Crippen LogP contribution in [0, 0.1) is 11.8 Å². The molecule has 0 aliphatic heterocycles. The molecule has 1 rings (SSSR count). The summed E-state index contributed by atoms with van der Waals surface area (Å²) in [6, 6.07) is 0. The molecule has 0 aromatic rings. The van der Waals surface area contributed by atoms with Crippen molar-refractivity contribution in [2.75, 3.05) is 20.0 Å². The van der Waals surface area contributed by atoms with Crippen LogP contribution in [0.15, 0.2) is 0 Å². The van der Waals surface area contributed by atoms with Crippen LogP contribution in [0.5, 0.6) is 0 Å². The topological polar surface area (TPSA) is 32.3 Å². The van der Waals surface area contributed by atoms with Gasteiger partial charge in [0.1, 0.15) is 5.25 Å². The van der Waals surface area contributed by atoms with Gasteiger partial charge < -0.3 is 9.29 Å². The van der Waals surface area contributed by atoms with E-state index >= 15 is 0 Å². The fraction of sp³-hybridized carbons (Fsp3) is 1.00. The van der Waals surface area contributed by atoms with Crippen molar-refractivity contribution in [1.82, 2.24) is 0 Å². The zero-order valence-electron chi connectivity index (χ0n) is 8.79. The molecule has 1 saturated carbocycles. The average molecular weight is 204 g/mol. The Hall–Kier alpha value is 0.270. The SMILES string of the molecule is COCC1CCC([S+](C)[O-])C[C@H]1C. The summed E-state index contributed by atoms with van der Waals surface area (Å²) in [5.41, 5.74) is 0. The molecule has 3 unspecified atom stereocenters. The molecule has 0 spiro atoms. The second-order valence-corrected chi connectivity index (χ2v) is 5.79. The maximum absolute atomic E-state index is 11.3. The first kappa shape index (κ1) is 11.3. The Morgan fingerprint density at radius 3 is 2.62 bits per heavy atom. The van der Waals surface area contributed by atoms with E-state index in [0.717, 1.165) is 19.4 Å². The highest BCUT2D eigenvalue weighted by molar-refractivity contribution is 7.91. The molecule has 1 fully saturated rings. The van der Waals surface area contributed by atoms with Crippen molar-refractivity contribution in [2.45, 2.75) is 31.4 Å². The molecule has 0 saturated heterocycles. The highest BCUT2D eigenvalue weighted by Gasteiger charge is 2.31. The highest BCUT2D eigenvalue weighted by Crippen LogP contribution is 2.32. The van der Waals surface area contributed by atoms with Crippen molar-refractivity contribution in [3.63, 3.8) is 0 Å². The van der Waals surface area contributed by atoms with E-state index in [1.807, 2.05) is 6.26 Å². The van der Waals surface area contributed by atoms with Gasteiger partial charge in [-0.05, 0) is 31.1 Å². The quantitative estimate of drug-likeness (QED) is 0.657. The van der Waals surface area contributed by atoms with Gasteiger partial charge in [-0.15, -0.1) is 0 Å². The molecule has 78 valence electrons. The molecular weight excluding hydrogens is 184 g/mol. The molecule has 3 heteroatoms. The molecule has 0 bridgehead atoms. The Morgan fingerprint density at radius 1 is 1.46 bits per heavy atom. The number of rotatable bonds is 3. The van der Waals surface area contributed by atoms with Crippen LogP contribution in [-0.2, 0) is 15.9 Å². The van der Waals surface area contributed by atoms with Crippen LogP contribution in [-0.4, -0.2) is 29.8 Å². The monoisotopic (exact) mass is 204 g/mol. The predicted octanol–water partition coefficient (Wildman–Crippen LogP) is 1.82. The van der Waals surface area contributed by atoms with Crippen molar-refractivity contribution in [3.05, 3.63) is 0 Å². The van der Waals surface area contributed by atoms with E-state index in [-0.39, 0.29) is 0 Å². The van der Waals surface area contributed by atoms with Crippen LogP contribution in [0.25, 0.3) is 0 Å². The molecule has 1 aliphatic carbocycles. The first-order chi connectivity index (χ1) is 6.15. The molecule has 13 heavy (non-hydrogen) atoms. The van der Waals surface area contributed by atoms with Crippen molar-refractivity contribution >= 4 is 11.2 Å². The summed E-state index contributed by atoms with van der Waals surface area (Å²) >= 11 is -0.632. The van der Waals surface area contributed by atoms with Gasteiger partial charge >= 0.3 is 0 Å². The maximum Gasteiger partial charge on any atom is 0.115 e. The minimum absolute atomic E-state index is 0.433. The summed E-state index contributed by atoms with van der Waals surface area (Å²) in [5, 5.41) is 0.433. The molecule has 0 radical (unpaired) electrons. The second kappa shape index (κ2) is 5.23. The van der Waals surface area contributed by atoms with Crippen LogP contribution < -0.4 is 0 Å². The van der Waals surface area contributed by atoms with E-state index in [9.17, 15) is 4.55 Å². The summed E-state index contributed by atoms with van der Waals surface area (Å²) in [7, 11) is 1.76. The van der Waals surface area contributed by atoms with Gasteiger partial charge in [-0.1, -0.05) is 18.1 Å². The van der Waals surface area contributed by atoms with Crippen molar-refractivity contribution in [3.8, 4) is 0 Å². The van der Waals surface area contributed by atoms with Crippen molar-refractivity contribution < 1.29 is 9.29 Å². The summed E-state index contributed by atoms with van der Waals surface area (Å²) < 4.78 is 16.5. The summed E-state index contributed by atoms with van der Waals surface area (Å²) in [6.07, 6.45) is 5.23. The second-order valence-electron chi connectivity index (χ2n) is 4.13. The van der Waals surface area contributed by atoms with Gasteiger partial charge in [0, 0.05) is 13.7 Å². The normalized spacial score (nSPS) is 37.4. The molecule has 0 heterocycles. The highest BCUT2D eigenvalue weighted by atomic mass is 32.2. The van der Waals surface area contributed by atoms with E-state index in [1.165, 1.54) is 6.42 Å². The van der Waals surface area contributed by atoms with Crippen LogP contribution in [0.2, 0.25) is 0 Å². The van der Waals surface area contributed by atoms with Crippen LogP contribution in [0.3, 0.4) is 0 Å². The van der Waals surface area contributed by atoms with E-state index in [1.54, 1.807) is 7.11 Å². The first-order valence-electron chi connectivity index (χ1n) is 4.96. The lowest BCUT2D eigenvalue weighted by atomic mass is 9.81.